The molecular weight excluding hydrogens is 957 g/mol. The second-order valence-corrected chi connectivity index (χ2v) is 23.3. The van der Waals surface area contributed by atoms with E-state index in [-0.39, 0.29) is 0 Å². The zero-order valence-electron chi connectivity index (χ0n) is 48.2. The highest BCUT2D eigenvalue weighted by atomic mass is 16.5. The van der Waals surface area contributed by atoms with Gasteiger partial charge in [0.05, 0.1) is 12.0 Å². The summed E-state index contributed by atoms with van der Waals surface area (Å²) in [6.45, 7) is 12.0. The highest BCUT2D eigenvalue weighted by Gasteiger charge is 2.46. The first-order chi connectivity index (χ1) is 39.0. The van der Waals surface area contributed by atoms with Crippen molar-refractivity contribution in [2.24, 2.45) is 0 Å². The fraction of sp³-hybridized carbons (Fsp3) is 0.368. The molecule has 1 aliphatic carbocycles. The predicted octanol–water partition coefficient (Wildman–Crippen LogP) is 22.1. The molecule has 0 amide bonds. The summed E-state index contributed by atoms with van der Waals surface area (Å²) in [6, 6.07) is 65.9. The molecule has 0 fully saturated rings. The van der Waals surface area contributed by atoms with Crippen LogP contribution in [-0.2, 0) is 18.5 Å². The van der Waals surface area contributed by atoms with E-state index < -0.39 is 5.41 Å². The van der Waals surface area contributed by atoms with Crippen molar-refractivity contribution in [3.05, 3.63) is 198 Å². The van der Waals surface area contributed by atoms with Crippen LogP contribution < -0.4 is 4.74 Å². The molecule has 0 N–H and O–H groups in total. The molecule has 1 aliphatic rings. The Kier molecular flexibility index (Phi) is 17.5. The lowest BCUT2D eigenvalue weighted by Crippen LogP contribution is -2.28. The highest BCUT2D eigenvalue weighted by Crippen LogP contribution is 2.58. The van der Waals surface area contributed by atoms with Gasteiger partial charge in [-0.3, -0.25) is 0 Å². The van der Waals surface area contributed by atoms with Crippen LogP contribution in [0.25, 0.3) is 77.0 Å². The van der Waals surface area contributed by atoms with Gasteiger partial charge < -0.3 is 13.9 Å². The Bertz CT molecular complexity index is 3440. The first-order valence-corrected chi connectivity index (χ1v) is 31.1. The number of aryl methyl sites for hydroxylation is 3. The zero-order chi connectivity index (χ0) is 54.0. The fourth-order valence-corrected chi connectivity index (χ4v) is 13.6. The molecule has 0 unspecified atom stereocenters. The van der Waals surface area contributed by atoms with Crippen molar-refractivity contribution >= 4 is 43.6 Å². The number of hydrogen-bond acceptors (Lipinski definition) is 1. The monoisotopic (exact) mass is 1040 g/mol. The van der Waals surface area contributed by atoms with Gasteiger partial charge in [-0.1, -0.05) is 245 Å². The molecule has 0 radical (unpaired) electrons. The molecule has 3 heteroatoms. The van der Waals surface area contributed by atoms with Crippen molar-refractivity contribution in [2.75, 3.05) is 6.61 Å². The molecule has 0 saturated heterocycles. The average Bonchev–Trinajstić information content (AvgIpc) is 4.28. The zero-order valence-corrected chi connectivity index (χ0v) is 48.2. The summed E-state index contributed by atoms with van der Waals surface area (Å²) in [6.07, 6.45) is 25.9. The van der Waals surface area contributed by atoms with E-state index in [2.05, 4.69) is 207 Å². The van der Waals surface area contributed by atoms with Crippen molar-refractivity contribution in [1.29, 1.82) is 0 Å². The Hall–Kier alpha value is -6.84. The number of ether oxygens (including phenoxy) is 1. The summed E-state index contributed by atoms with van der Waals surface area (Å²) >= 11 is 0. The standard InChI is InChI=1S/C76H86N2O/c1-5-8-11-14-17-18-21-28-51-79-63-43-41-62(42-44-63)76(61-39-33-56(4)34-40-61)70-45-35-57(59-37-47-74-68(54-59)64-29-22-24-31-72(64)77(74)49-26-19-15-12-9-6-2)52-66(70)67-53-58(36-46-71(67)76)60-38-48-75-69(55-60)65-30-23-25-32-73(65)78(75)50-27-20-16-13-10-7-3/h22-25,29-48,52-55H,5-21,26-28,49-51H2,1-4H3. The largest absolute Gasteiger partial charge is 0.494 e. The molecule has 0 aliphatic heterocycles. The second kappa shape index (κ2) is 25.5. The minimum Gasteiger partial charge on any atom is -0.494 e. The van der Waals surface area contributed by atoms with Gasteiger partial charge >= 0.3 is 0 Å². The lowest BCUT2D eigenvalue weighted by Gasteiger charge is -2.34. The smallest absolute Gasteiger partial charge is 0.119 e. The van der Waals surface area contributed by atoms with Crippen molar-refractivity contribution in [2.45, 2.75) is 175 Å². The van der Waals surface area contributed by atoms with Gasteiger partial charge in [-0.15, -0.1) is 0 Å². The number of fused-ring (bicyclic) bond motifs is 9. The van der Waals surface area contributed by atoms with Crippen LogP contribution in [0.15, 0.2) is 170 Å². The third-order valence-corrected chi connectivity index (χ3v) is 17.9. The molecule has 11 rings (SSSR count). The molecule has 0 saturated carbocycles. The molecule has 0 atom stereocenters. The van der Waals surface area contributed by atoms with Crippen molar-refractivity contribution in [1.82, 2.24) is 9.13 Å². The number of para-hydroxylation sites is 2. The van der Waals surface area contributed by atoms with Gasteiger partial charge in [-0.2, -0.15) is 0 Å². The van der Waals surface area contributed by atoms with Gasteiger partial charge in [-0.25, -0.2) is 0 Å². The van der Waals surface area contributed by atoms with Gasteiger partial charge in [0.1, 0.15) is 5.75 Å². The molecule has 2 aromatic heterocycles. The molecule has 3 nitrogen and oxygen atoms in total. The Morgan fingerprint density at radius 2 is 0.722 bits per heavy atom. The van der Waals surface area contributed by atoms with E-state index in [0.717, 1.165) is 31.9 Å². The topological polar surface area (TPSA) is 19.1 Å². The van der Waals surface area contributed by atoms with Crippen molar-refractivity contribution in [3.8, 4) is 39.1 Å². The van der Waals surface area contributed by atoms with Gasteiger partial charge in [0.25, 0.3) is 0 Å². The van der Waals surface area contributed by atoms with Gasteiger partial charge in [0.15, 0.2) is 0 Å². The highest BCUT2D eigenvalue weighted by molar-refractivity contribution is 6.10. The third-order valence-electron chi connectivity index (χ3n) is 17.9. The summed E-state index contributed by atoms with van der Waals surface area (Å²) in [4.78, 5) is 0. The third kappa shape index (κ3) is 11.2. The lowest BCUT2D eigenvalue weighted by molar-refractivity contribution is 0.304. The minimum atomic E-state index is -0.548. The van der Waals surface area contributed by atoms with Gasteiger partial charge in [0.2, 0.25) is 0 Å². The van der Waals surface area contributed by atoms with Crippen LogP contribution in [0.3, 0.4) is 0 Å². The van der Waals surface area contributed by atoms with E-state index in [1.807, 2.05) is 0 Å². The summed E-state index contributed by atoms with van der Waals surface area (Å²) in [5.41, 5.74) is 18.8. The van der Waals surface area contributed by atoms with Gasteiger partial charge in [-0.05, 0) is 142 Å². The van der Waals surface area contributed by atoms with E-state index in [1.165, 1.54) is 227 Å². The van der Waals surface area contributed by atoms with Crippen LogP contribution in [0, 0.1) is 6.92 Å². The molecule has 0 bridgehead atoms. The van der Waals surface area contributed by atoms with E-state index in [1.54, 1.807) is 0 Å². The molecule has 8 aromatic carbocycles. The maximum absolute atomic E-state index is 6.48. The normalized spacial score (nSPS) is 12.8. The van der Waals surface area contributed by atoms with Crippen LogP contribution in [0.4, 0.5) is 0 Å². The Morgan fingerprint density at radius 1 is 0.342 bits per heavy atom. The molecule has 406 valence electrons. The number of rotatable bonds is 28. The van der Waals surface area contributed by atoms with Crippen molar-refractivity contribution in [3.63, 3.8) is 0 Å². The maximum atomic E-state index is 6.48. The summed E-state index contributed by atoms with van der Waals surface area (Å²) in [7, 11) is 0. The number of unbranched alkanes of at least 4 members (excludes halogenated alkanes) is 17. The van der Waals surface area contributed by atoms with Crippen LogP contribution in [0.1, 0.15) is 177 Å². The molecule has 79 heavy (non-hydrogen) atoms. The molecular formula is C76H86N2O. The maximum Gasteiger partial charge on any atom is 0.119 e. The van der Waals surface area contributed by atoms with Crippen LogP contribution in [0.2, 0.25) is 0 Å². The Balaban J connectivity index is 0.997. The van der Waals surface area contributed by atoms with Crippen LogP contribution in [-0.4, -0.2) is 15.7 Å². The first-order valence-electron chi connectivity index (χ1n) is 31.1. The summed E-state index contributed by atoms with van der Waals surface area (Å²) in [5.74, 6) is 0.947. The number of nitrogens with zero attached hydrogens (tertiary/aromatic N) is 2. The predicted molar refractivity (Wildman–Crippen MR) is 340 cm³/mol. The summed E-state index contributed by atoms with van der Waals surface area (Å²) in [5, 5.41) is 5.36. The lowest BCUT2D eigenvalue weighted by atomic mass is 9.67. The van der Waals surface area contributed by atoms with E-state index in [0.29, 0.717) is 0 Å². The molecule has 10 aromatic rings. The minimum absolute atomic E-state index is 0.548. The average molecular weight is 1040 g/mol. The number of benzene rings is 8. The van der Waals surface area contributed by atoms with E-state index >= 15 is 0 Å². The Labute approximate surface area is 473 Å². The van der Waals surface area contributed by atoms with Crippen LogP contribution in [0.5, 0.6) is 5.75 Å². The molecule has 2 heterocycles. The SMILES string of the molecule is CCCCCCCCCCOc1ccc(C2(c3ccc(C)cc3)c3ccc(-c4ccc5c(c4)c4ccccc4n5CCCCCCCC)cc3-c3cc(-c4ccc5c(c4)c4ccccc4n5CCCCCCCC)ccc32)cc1. The quantitative estimate of drug-likeness (QED) is 0.0447. The van der Waals surface area contributed by atoms with E-state index in [9.17, 15) is 0 Å². The van der Waals surface area contributed by atoms with Gasteiger partial charge in [0, 0.05) is 56.7 Å². The van der Waals surface area contributed by atoms with Crippen LogP contribution >= 0.6 is 0 Å². The van der Waals surface area contributed by atoms with Crippen molar-refractivity contribution < 1.29 is 4.74 Å². The second-order valence-electron chi connectivity index (χ2n) is 23.3. The number of aromatic nitrogens is 2. The fourth-order valence-electron chi connectivity index (χ4n) is 13.6. The summed E-state index contributed by atoms with van der Waals surface area (Å²) < 4.78 is 11.7. The molecule has 0 spiro atoms. The van der Waals surface area contributed by atoms with E-state index in [4.69, 9.17) is 4.74 Å². The Morgan fingerprint density at radius 3 is 1.19 bits per heavy atom. The first kappa shape index (κ1) is 54.1. The number of hydrogen-bond donors (Lipinski definition) is 0.